The maximum atomic E-state index is 13.7. The second-order valence-electron chi connectivity index (χ2n) is 8.97. The number of piperazine rings is 1. The molecule has 1 saturated heterocycles. The molecule has 0 unspecified atom stereocenters. The Labute approximate surface area is 211 Å². The number of likely N-dealkylation sites (N-methyl/N-ethyl adjacent to an activating group) is 1. The lowest BCUT2D eigenvalue weighted by Crippen LogP contribution is -3.12. The van der Waals surface area contributed by atoms with E-state index in [-0.39, 0.29) is 17.7 Å². The number of furan rings is 1. The number of ether oxygens (including phenoxy) is 1. The van der Waals surface area contributed by atoms with Crippen molar-refractivity contribution >= 4 is 29.3 Å². The number of nitrogens with one attached hydrogen (secondary N) is 1. The normalized spacial score (nSPS) is 18.8. The first-order valence-corrected chi connectivity index (χ1v) is 12.8. The summed E-state index contributed by atoms with van der Waals surface area (Å²) in [6.45, 7) is 7.53. The molecule has 0 bridgehead atoms. The van der Waals surface area contributed by atoms with Crippen LogP contribution in [0.3, 0.4) is 0 Å². The van der Waals surface area contributed by atoms with Gasteiger partial charge >= 0.3 is 5.97 Å². The minimum absolute atomic E-state index is 0.186. The summed E-state index contributed by atoms with van der Waals surface area (Å²) >= 11 is 1.23. The topological polar surface area (TPSA) is 81.5 Å². The molecule has 1 fully saturated rings. The van der Waals surface area contributed by atoms with Gasteiger partial charge in [-0.25, -0.2) is 14.2 Å². The number of nitrogens with zero attached hydrogens (tertiary/aromatic N) is 3. The number of allylic oxidation sites excluding steroid dienone is 1. The number of hydrogen-bond donors (Lipinski definition) is 1. The lowest BCUT2D eigenvalue weighted by molar-refractivity contribution is -0.880. The highest BCUT2D eigenvalue weighted by molar-refractivity contribution is 7.07. The zero-order valence-corrected chi connectivity index (χ0v) is 21.2. The Bertz CT molecular complexity index is 1490. The smallest absolute Gasteiger partial charge is 0.338 e. The van der Waals surface area contributed by atoms with Crippen LogP contribution in [0.25, 0.3) is 6.08 Å². The molecule has 10 heteroatoms. The summed E-state index contributed by atoms with van der Waals surface area (Å²) in [5.74, 6) is 0.402. The third-order valence-corrected chi connectivity index (χ3v) is 7.50. The first kappa shape index (κ1) is 24.2. The van der Waals surface area contributed by atoms with Gasteiger partial charge in [0.15, 0.2) is 10.7 Å². The van der Waals surface area contributed by atoms with E-state index in [1.54, 1.807) is 32.1 Å². The predicted octanol–water partition coefficient (Wildman–Crippen LogP) is 0.865. The van der Waals surface area contributed by atoms with Crippen molar-refractivity contribution < 1.29 is 23.2 Å². The second kappa shape index (κ2) is 9.87. The fourth-order valence-corrected chi connectivity index (χ4v) is 5.61. The van der Waals surface area contributed by atoms with E-state index in [9.17, 15) is 14.0 Å². The maximum Gasteiger partial charge on any atom is 0.338 e. The summed E-state index contributed by atoms with van der Waals surface area (Å²) < 4.78 is 26.9. The van der Waals surface area contributed by atoms with Gasteiger partial charge < -0.3 is 19.0 Å². The van der Waals surface area contributed by atoms with Gasteiger partial charge in [-0.15, -0.1) is 0 Å². The van der Waals surface area contributed by atoms with Gasteiger partial charge in [0.2, 0.25) is 0 Å². The zero-order valence-electron chi connectivity index (χ0n) is 20.4. The van der Waals surface area contributed by atoms with E-state index < -0.39 is 17.8 Å². The van der Waals surface area contributed by atoms with Crippen LogP contribution in [0.15, 0.2) is 61.9 Å². The summed E-state index contributed by atoms with van der Waals surface area (Å²) in [6, 6.07) is 8.78. The summed E-state index contributed by atoms with van der Waals surface area (Å²) in [7, 11) is 2.18. The molecule has 0 amide bonds. The SMILES string of the molecule is CCOC(=O)C1=C(C)N=c2s/c(=C\c3ccc(N4CC[NH+](C)CC4)o3)c(=O)n2[C@H]1c1ccc(F)cc1. The summed E-state index contributed by atoms with van der Waals surface area (Å²) in [5.41, 5.74) is 1.02. The Morgan fingerprint density at radius 2 is 1.97 bits per heavy atom. The number of anilines is 1. The fourth-order valence-electron chi connectivity index (χ4n) is 4.58. The largest absolute Gasteiger partial charge is 0.463 e. The number of carbonyl (C=O) groups excluding carboxylic acids is 1. The number of thiazole rings is 1. The number of rotatable bonds is 5. The molecule has 0 spiro atoms. The van der Waals surface area contributed by atoms with Crippen molar-refractivity contribution in [3.05, 3.63) is 84.5 Å². The van der Waals surface area contributed by atoms with Crippen LogP contribution in [0.2, 0.25) is 0 Å². The Kier molecular flexibility index (Phi) is 6.63. The molecule has 36 heavy (non-hydrogen) atoms. The number of fused-ring (bicyclic) bond motifs is 1. The quantitative estimate of drug-likeness (QED) is 0.514. The number of halogens is 1. The van der Waals surface area contributed by atoms with Gasteiger partial charge in [0.05, 0.1) is 61.7 Å². The molecule has 1 N–H and O–H groups in total. The number of aromatic nitrogens is 1. The van der Waals surface area contributed by atoms with Crippen molar-refractivity contribution in [2.45, 2.75) is 19.9 Å². The van der Waals surface area contributed by atoms with Crippen molar-refractivity contribution in [3.63, 3.8) is 0 Å². The minimum atomic E-state index is -0.775. The molecule has 8 nitrogen and oxygen atoms in total. The fraction of sp³-hybridized carbons (Fsp3) is 0.346. The highest BCUT2D eigenvalue weighted by atomic mass is 32.1. The Morgan fingerprint density at radius 3 is 2.67 bits per heavy atom. The highest BCUT2D eigenvalue weighted by Crippen LogP contribution is 2.30. The predicted molar refractivity (Wildman–Crippen MR) is 134 cm³/mol. The molecule has 2 aliphatic heterocycles. The average molecular weight is 512 g/mol. The molecule has 5 rings (SSSR count). The Balaban J connectivity index is 1.58. The number of benzene rings is 1. The lowest BCUT2D eigenvalue weighted by Gasteiger charge is -2.29. The van der Waals surface area contributed by atoms with Crippen molar-refractivity contribution in [3.8, 4) is 0 Å². The average Bonchev–Trinajstić information content (AvgIpc) is 3.44. The summed E-state index contributed by atoms with van der Waals surface area (Å²) in [5, 5.41) is 0. The molecular weight excluding hydrogens is 483 g/mol. The van der Waals surface area contributed by atoms with Crippen LogP contribution >= 0.6 is 11.3 Å². The zero-order chi connectivity index (χ0) is 25.4. The van der Waals surface area contributed by atoms with E-state index in [0.717, 1.165) is 32.1 Å². The van der Waals surface area contributed by atoms with Gasteiger partial charge in [-0.2, -0.15) is 0 Å². The van der Waals surface area contributed by atoms with E-state index >= 15 is 0 Å². The van der Waals surface area contributed by atoms with Crippen LogP contribution in [0, 0.1) is 5.82 Å². The van der Waals surface area contributed by atoms with Crippen molar-refractivity contribution in [1.82, 2.24) is 4.57 Å². The minimum Gasteiger partial charge on any atom is -0.463 e. The number of esters is 1. The van der Waals surface area contributed by atoms with Crippen LogP contribution < -0.4 is 24.7 Å². The Morgan fingerprint density at radius 1 is 1.25 bits per heavy atom. The number of quaternary nitrogens is 1. The molecular formula is C26H28FN4O4S+. The third kappa shape index (κ3) is 4.54. The monoisotopic (exact) mass is 511 g/mol. The second-order valence-corrected chi connectivity index (χ2v) is 9.98. The van der Waals surface area contributed by atoms with E-state index in [4.69, 9.17) is 9.15 Å². The maximum absolute atomic E-state index is 13.7. The highest BCUT2D eigenvalue weighted by Gasteiger charge is 2.33. The molecule has 0 aliphatic carbocycles. The number of hydrogen-bond acceptors (Lipinski definition) is 7. The van der Waals surface area contributed by atoms with Crippen LogP contribution in [-0.4, -0.2) is 50.4 Å². The molecule has 1 atom stereocenters. The molecule has 2 aliphatic rings. The van der Waals surface area contributed by atoms with Crippen LogP contribution in [0.4, 0.5) is 10.3 Å². The van der Waals surface area contributed by atoms with Gasteiger partial charge in [0.1, 0.15) is 11.6 Å². The van der Waals surface area contributed by atoms with Crippen molar-refractivity contribution in [1.29, 1.82) is 0 Å². The van der Waals surface area contributed by atoms with E-state index in [1.807, 2.05) is 12.1 Å². The Hall–Kier alpha value is -3.50. The molecule has 3 aromatic rings. The summed E-state index contributed by atoms with van der Waals surface area (Å²) in [6.07, 6.45) is 1.71. The van der Waals surface area contributed by atoms with Gasteiger partial charge in [-0.3, -0.25) is 9.36 Å². The van der Waals surface area contributed by atoms with Crippen LogP contribution in [-0.2, 0) is 9.53 Å². The van der Waals surface area contributed by atoms with Gasteiger partial charge in [-0.05, 0) is 37.6 Å². The molecule has 188 valence electrons. The van der Waals surface area contributed by atoms with Gasteiger partial charge in [0, 0.05) is 12.1 Å². The molecule has 0 radical (unpaired) electrons. The van der Waals surface area contributed by atoms with Gasteiger partial charge in [0.25, 0.3) is 5.56 Å². The van der Waals surface area contributed by atoms with Gasteiger partial charge in [-0.1, -0.05) is 23.5 Å². The van der Waals surface area contributed by atoms with E-state index in [1.165, 1.54) is 32.9 Å². The molecule has 4 heterocycles. The molecule has 0 saturated carbocycles. The molecule has 1 aromatic carbocycles. The van der Waals surface area contributed by atoms with Crippen molar-refractivity contribution in [2.75, 3.05) is 44.7 Å². The first-order valence-electron chi connectivity index (χ1n) is 12.0. The van der Waals surface area contributed by atoms with Crippen LogP contribution in [0.1, 0.15) is 31.2 Å². The number of carbonyl (C=O) groups is 1. The summed E-state index contributed by atoms with van der Waals surface area (Å²) in [4.78, 5) is 35.2. The first-order chi connectivity index (χ1) is 17.4. The third-order valence-electron chi connectivity index (χ3n) is 6.52. The molecule has 2 aromatic heterocycles. The van der Waals surface area contributed by atoms with Crippen LogP contribution in [0.5, 0.6) is 0 Å². The van der Waals surface area contributed by atoms with E-state index in [2.05, 4.69) is 16.9 Å². The standard InChI is InChI=1S/C26H27FN4O4S/c1-4-34-25(33)22-16(2)28-26-31(23(22)17-5-7-18(27)8-6-17)24(32)20(36-26)15-19-9-10-21(35-19)30-13-11-29(3)12-14-30/h5-10,15,23H,4,11-14H2,1-3H3/p+1/b20-15-/t23-/m0/s1. The lowest BCUT2D eigenvalue weighted by atomic mass is 9.96. The van der Waals surface area contributed by atoms with Crippen molar-refractivity contribution in [2.24, 2.45) is 4.99 Å². The van der Waals surface area contributed by atoms with E-state index in [0.29, 0.717) is 26.4 Å².